The number of aryl methyl sites for hydroxylation is 1. The van der Waals surface area contributed by atoms with E-state index < -0.39 is 11.1 Å². The number of aliphatic hydroxyl groups is 2. The first kappa shape index (κ1) is 19.3. The molecular formula is C26H35NO3. The van der Waals surface area contributed by atoms with Gasteiger partial charge in [-0.2, -0.15) is 0 Å². The summed E-state index contributed by atoms with van der Waals surface area (Å²) >= 11 is 0. The molecule has 6 bridgehead atoms. The molecule has 7 fully saturated rings. The molecule has 4 aliphatic carbocycles. The third-order valence-corrected chi connectivity index (χ3v) is 9.24. The van der Waals surface area contributed by atoms with Gasteiger partial charge in [-0.05, 0) is 92.7 Å². The Kier molecular flexibility index (Phi) is 4.56. The van der Waals surface area contributed by atoms with Crippen molar-refractivity contribution < 1.29 is 14.9 Å². The largest absolute Gasteiger partial charge is 0.493 e. The van der Waals surface area contributed by atoms with E-state index in [2.05, 4.69) is 35.2 Å². The Hall–Kier alpha value is -1.36. The van der Waals surface area contributed by atoms with Gasteiger partial charge in [0.2, 0.25) is 0 Å². The van der Waals surface area contributed by atoms with Crippen molar-refractivity contribution in [3.63, 3.8) is 0 Å². The molecule has 4 nitrogen and oxygen atoms in total. The molecule has 7 aliphatic rings. The lowest BCUT2D eigenvalue weighted by molar-refractivity contribution is -0.339. The standard InChI is InChI=1S/C26H35NO3/c28-17-25(26(29)15-27(25)16-26)8-7-18-3-5-23(6-4-18)30-9-1-2-24-21-11-19-10-20(13-21)14-22(24)12-19/h2-6,19-22,28-29H,1,7-17H2. The van der Waals surface area contributed by atoms with Gasteiger partial charge < -0.3 is 14.9 Å². The van der Waals surface area contributed by atoms with E-state index in [1.165, 1.54) is 37.7 Å². The molecule has 0 spiro atoms. The van der Waals surface area contributed by atoms with Crippen LogP contribution in [-0.4, -0.2) is 52.6 Å². The van der Waals surface area contributed by atoms with E-state index in [-0.39, 0.29) is 6.61 Å². The van der Waals surface area contributed by atoms with E-state index in [0.29, 0.717) is 0 Å². The molecule has 0 aromatic heterocycles. The highest BCUT2D eigenvalue weighted by Gasteiger charge is 2.73. The van der Waals surface area contributed by atoms with Gasteiger partial charge in [0.15, 0.2) is 0 Å². The average molecular weight is 410 g/mol. The summed E-state index contributed by atoms with van der Waals surface area (Å²) in [7, 11) is 0. The zero-order valence-electron chi connectivity index (χ0n) is 17.9. The fraction of sp³-hybridized carbons (Fsp3) is 0.692. The van der Waals surface area contributed by atoms with Gasteiger partial charge in [-0.1, -0.05) is 23.8 Å². The van der Waals surface area contributed by atoms with Gasteiger partial charge in [-0.25, -0.2) is 0 Å². The van der Waals surface area contributed by atoms with Crippen molar-refractivity contribution in [2.24, 2.45) is 23.7 Å². The molecule has 30 heavy (non-hydrogen) atoms. The predicted molar refractivity (Wildman–Crippen MR) is 116 cm³/mol. The van der Waals surface area contributed by atoms with Gasteiger partial charge in [0, 0.05) is 13.1 Å². The molecule has 2 N–H and O–H groups in total. The number of rotatable bonds is 8. The summed E-state index contributed by atoms with van der Waals surface area (Å²) in [6.07, 6.45) is 12.5. The highest BCUT2D eigenvalue weighted by atomic mass is 16.5. The fourth-order valence-corrected chi connectivity index (χ4v) is 7.58. The lowest BCUT2D eigenvalue weighted by Crippen LogP contribution is -2.94. The number of benzene rings is 1. The zero-order valence-corrected chi connectivity index (χ0v) is 17.9. The second-order valence-electron chi connectivity index (χ2n) is 10.9. The van der Waals surface area contributed by atoms with Crippen LogP contribution in [0.25, 0.3) is 0 Å². The van der Waals surface area contributed by atoms with E-state index in [1.807, 2.05) is 0 Å². The van der Waals surface area contributed by atoms with Crippen LogP contribution in [0.15, 0.2) is 35.9 Å². The molecule has 1 aromatic rings. The minimum atomic E-state index is -0.656. The summed E-state index contributed by atoms with van der Waals surface area (Å²) in [5.74, 6) is 4.77. The molecule has 8 rings (SSSR count). The van der Waals surface area contributed by atoms with Crippen LogP contribution in [0.5, 0.6) is 5.75 Å². The summed E-state index contributed by atoms with van der Waals surface area (Å²) < 4.78 is 6.01. The van der Waals surface area contributed by atoms with Crippen LogP contribution < -0.4 is 4.74 Å². The summed E-state index contributed by atoms with van der Waals surface area (Å²) in [5, 5.41) is 20.2. The molecule has 3 saturated heterocycles. The van der Waals surface area contributed by atoms with Crippen molar-refractivity contribution in [1.82, 2.24) is 4.90 Å². The van der Waals surface area contributed by atoms with E-state index >= 15 is 0 Å². The molecular weight excluding hydrogens is 374 g/mol. The molecule has 0 amide bonds. The Labute approximate surface area is 179 Å². The Morgan fingerprint density at radius 3 is 2.20 bits per heavy atom. The van der Waals surface area contributed by atoms with Gasteiger partial charge in [0.05, 0.1) is 18.8 Å². The monoisotopic (exact) mass is 409 g/mol. The summed E-state index contributed by atoms with van der Waals surface area (Å²) in [5.41, 5.74) is 1.96. The summed E-state index contributed by atoms with van der Waals surface area (Å²) in [6.45, 7) is 2.24. The average Bonchev–Trinajstić information content (AvgIpc) is 2.72. The van der Waals surface area contributed by atoms with Crippen LogP contribution in [0.2, 0.25) is 0 Å². The first-order valence-electron chi connectivity index (χ1n) is 12.1. The van der Waals surface area contributed by atoms with Crippen molar-refractivity contribution in [2.75, 3.05) is 26.3 Å². The van der Waals surface area contributed by atoms with Crippen LogP contribution in [0.3, 0.4) is 0 Å². The van der Waals surface area contributed by atoms with Crippen molar-refractivity contribution in [1.29, 1.82) is 0 Å². The van der Waals surface area contributed by atoms with Gasteiger partial charge in [-0.3, -0.25) is 4.90 Å². The minimum Gasteiger partial charge on any atom is -0.493 e. The SMILES string of the molecule is OCC1(CCc2ccc(OCCC=C3C4CC5CC(C4)CC3C5)cc2)N2CC1(O)C2. The van der Waals surface area contributed by atoms with Gasteiger partial charge in [0.25, 0.3) is 0 Å². The Morgan fingerprint density at radius 2 is 1.67 bits per heavy atom. The molecule has 162 valence electrons. The Bertz CT molecular complexity index is 795. The van der Waals surface area contributed by atoms with Crippen molar-refractivity contribution in [3.05, 3.63) is 41.5 Å². The second-order valence-corrected chi connectivity index (χ2v) is 10.9. The topological polar surface area (TPSA) is 52.9 Å². The molecule has 1 unspecified atom stereocenters. The molecule has 4 heteroatoms. The highest BCUT2D eigenvalue weighted by Crippen LogP contribution is 2.56. The minimum absolute atomic E-state index is 0.0449. The lowest BCUT2D eigenvalue weighted by atomic mass is 9.54. The quantitative estimate of drug-likeness (QED) is 0.509. The van der Waals surface area contributed by atoms with E-state index in [4.69, 9.17) is 4.74 Å². The maximum absolute atomic E-state index is 10.5. The van der Waals surface area contributed by atoms with Crippen LogP contribution >= 0.6 is 0 Å². The molecule has 1 aromatic carbocycles. The predicted octanol–water partition coefficient (Wildman–Crippen LogP) is 3.56. The van der Waals surface area contributed by atoms with E-state index in [9.17, 15) is 10.2 Å². The third kappa shape index (κ3) is 2.91. The normalized spacial score (nSPS) is 42.6. The van der Waals surface area contributed by atoms with Gasteiger partial charge in [-0.15, -0.1) is 0 Å². The molecule has 3 heterocycles. The number of nitrogens with zero attached hydrogens (tertiary/aromatic N) is 1. The third-order valence-electron chi connectivity index (χ3n) is 9.24. The van der Waals surface area contributed by atoms with Crippen LogP contribution in [0.4, 0.5) is 0 Å². The fourth-order valence-electron chi connectivity index (χ4n) is 7.58. The van der Waals surface area contributed by atoms with Crippen molar-refractivity contribution >= 4 is 0 Å². The van der Waals surface area contributed by atoms with E-state index in [1.54, 1.807) is 5.57 Å². The lowest BCUT2D eigenvalue weighted by Gasteiger charge is -2.75. The molecule has 0 radical (unpaired) electrons. The van der Waals surface area contributed by atoms with Crippen LogP contribution in [0.1, 0.15) is 50.5 Å². The number of hydrogen-bond donors (Lipinski definition) is 2. The van der Waals surface area contributed by atoms with Crippen molar-refractivity contribution in [3.8, 4) is 5.75 Å². The molecule has 3 aliphatic heterocycles. The first-order valence-corrected chi connectivity index (χ1v) is 12.1. The smallest absolute Gasteiger partial charge is 0.119 e. The summed E-state index contributed by atoms with van der Waals surface area (Å²) in [4.78, 5) is 2.20. The molecule has 4 saturated carbocycles. The number of aliphatic hydroxyl groups excluding tert-OH is 1. The van der Waals surface area contributed by atoms with E-state index in [0.717, 1.165) is 68.4 Å². The van der Waals surface area contributed by atoms with Crippen LogP contribution in [0, 0.1) is 23.7 Å². The van der Waals surface area contributed by atoms with Crippen LogP contribution in [-0.2, 0) is 6.42 Å². The number of ether oxygens (including phenoxy) is 1. The van der Waals surface area contributed by atoms with Gasteiger partial charge in [0.1, 0.15) is 11.4 Å². The van der Waals surface area contributed by atoms with Gasteiger partial charge >= 0.3 is 0 Å². The number of allylic oxidation sites excluding steroid dienone is 1. The maximum Gasteiger partial charge on any atom is 0.119 e. The zero-order chi connectivity index (χ0) is 20.3. The Balaban J connectivity index is 0.982. The number of hydrogen-bond acceptors (Lipinski definition) is 4. The first-order chi connectivity index (χ1) is 14.6. The Morgan fingerprint density at radius 1 is 1.00 bits per heavy atom. The maximum atomic E-state index is 10.5. The highest BCUT2D eigenvalue weighted by molar-refractivity contribution is 5.31. The summed E-state index contributed by atoms with van der Waals surface area (Å²) in [6, 6.07) is 8.38. The second kappa shape index (κ2) is 7.08. The van der Waals surface area contributed by atoms with Crippen molar-refractivity contribution in [2.45, 2.75) is 62.5 Å². The molecule has 1 atom stereocenters.